The van der Waals surface area contributed by atoms with Crippen LogP contribution in [0, 0.1) is 6.92 Å². The van der Waals surface area contributed by atoms with Crippen LogP contribution in [0.2, 0.25) is 0 Å². The molecule has 1 amide bonds. The quantitative estimate of drug-likeness (QED) is 0.441. The van der Waals surface area contributed by atoms with Crippen LogP contribution in [0.25, 0.3) is 20.2 Å². The van der Waals surface area contributed by atoms with E-state index >= 15 is 0 Å². The fourth-order valence-corrected chi connectivity index (χ4v) is 5.79. The molecule has 2 aromatic heterocycles. The van der Waals surface area contributed by atoms with Crippen molar-refractivity contribution >= 4 is 37.4 Å². The van der Waals surface area contributed by atoms with Crippen molar-refractivity contribution in [1.82, 2.24) is 20.0 Å². The lowest BCUT2D eigenvalue weighted by Crippen LogP contribution is -2.39. The normalized spacial score (nSPS) is 15.0. The summed E-state index contributed by atoms with van der Waals surface area (Å²) in [6, 6.07) is 15.8. The minimum absolute atomic E-state index is 0.174. The number of amides is 1. The van der Waals surface area contributed by atoms with Gasteiger partial charge in [-0.25, -0.2) is 4.68 Å². The Kier molecular flexibility index (Phi) is 6.00. The van der Waals surface area contributed by atoms with E-state index in [9.17, 15) is 9.59 Å². The first-order valence-corrected chi connectivity index (χ1v) is 12.3. The van der Waals surface area contributed by atoms with Crippen LogP contribution in [0.3, 0.4) is 0 Å². The molecule has 0 bridgehead atoms. The Morgan fingerprint density at radius 1 is 1.15 bits per heavy atom. The van der Waals surface area contributed by atoms with Crippen LogP contribution in [-0.2, 0) is 17.8 Å². The maximum absolute atomic E-state index is 13.3. The van der Waals surface area contributed by atoms with Gasteiger partial charge in [0, 0.05) is 36.3 Å². The van der Waals surface area contributed by atoms with Gasteiger partial charge in [0.15, 0.2) is 0 Å². The van der Waals surface area contributed by atoms with Crippen molar-refractivity contribution in [2.45, 2.75) is 39.3 Å². The maximum Gasteiger partial charge on any atom is 0.276 e. The molecule has 170 valence electrons. The van der Waals surface area contributed by atoms with E-state index in [4.69, 9.17) is 0 Å². The number of aryl methyl sites for hydroxylation is 1. The number of aromatic nitrogens is 2. The summed E-state index contributed by atoms with van der Waals surface area (Å²) in [6.07, 6.45) is 1.95. The van der Waals surface area contributed by atoms with Crippen LogP contribution in [-0.4, -0.2) is 40.2 Å². The van der Waals surface area contributed by atoms with Crippen molar-refractivity contribution < 1.29 is 4.79 Å². The molecule has 7 heteroatoms. The first kappa shape index (κ1) is 21.8. The minimum Gasteiger partial charge on any atom is -0.354 e. The van der Waals surface area contributed by atoms with Gasteiger partial charge < -0.3 is 5.32 Å². The largest absolute Gasteiger partial charge is 0.354 e. The first-order chi connectivity index (χ1) is 16.0. The van der Waals surface area contributed by atoms with Crippen LogP contribution in [0.5, 0.6) is 0 Å². The first-order valence-electron chi connectivity index (χ1n) is 11.5. The second-order valence-electron chi connectivity index (χ2n) is 8.75. The van der Waals surface area contributed by atoms with Crippen molar-refractivity contribution in [2.24, 2.45) is 0 Å². The number of fused-ring (bicyclic) bond motifs is 4. The Morgan fingerprint density at radius 3 is 2.76 bits per heavy atom. The zero-order valence-electron chi connectivity index (χ0n) is 19.0. The Balaban J connectivity index is 1.23. The monoisotopic (exact) mass is 460 g/mol. The molecular weight excluding hydrogens is 432 g/mol. The molecule has 0 aliphatic carbocycles. The fourth-order valence-electron chi connectivity index (χ4n) is 4.66. The number of thiophene rings is 1. The summed E-state index contributed by atoms with van der Waals surface area (Å²) in [5.74, 6) is -0.174. The van der Waals surface area contributed by atoms with Gasteiger partial charge in [0.25, 0.3) is 5.56 Å². The molecule has 33 heavy (non-hydrogen) atoms. The summed E-state index contributed by atoms with van der Waals surface area (Å²) in [4.78, 5) is 28.5. The summed E-state index contributed by atoms with van der Waals surface area (Å²) in [6.45, 7) is 7.17. The third-order valence-electron chi connectivity index (χ3n) is 6.51. The summed E-state index contributed by atoms with van der Waals surface area (Å²) < 4.78 is 3.30. The van der Waals surface area contributed by atoms with E-state index in [1.165, 1.54) is 15.8 Å². The second-order valence-corrected chi connectivity index (χ2v) is 9.81. The molecule has 0 spiro atoms. The SMILES string of the molecule is Cc1nn(C(C)C(=O)NCCCN2CCc3ccccc3C2)c(=O)c2c1sc1ccccc12. The molecule has 6 nitrogen and oxygen atoms in total. The fraction of sp³-hybridized carbons (Fsp3) is 0.346. The van der Waals surface area contributed by atoms with Gasteiger partial charge in [-0.3, -0.25) is 14.5 Å². The highest BCUT2D eigenvalue weighted by molar-refractivity contribution is 7.26. The number of hydrogen-bond acceptors (Lipinski definition) is 5. The third kappa shape index (κ3) is 4.18. The lowest BCUT2D eigenvalue weighted by molar-refractivity contribution is -0.124. The predicted molar refractivity (Wildman–Crippen MR) is 134 cm³/mol. The van der Waals surface area contributed by atoms with E-state index in [-0.39, 0.29) is 11.5 Å². The summed E-state index contributed by atoms with van der Waals surface area (Å²) in [5.41, 5.74) is 3.41. The smallest absolute Gasteiger partial charge is 0.276 e. The molecule has 2 aromatic carbocycles. The highest BCUT2D eigenvalue weighted by atomic mass is 32.1. The van der Waals surface area contributed by atoms with Crippen molar-refractivity contribution in [2.75, 3.05) is 19.6 Å². The molecule has 1 aliphatic rings. The van der Waals surface area contributed by atoms with Crippen LogP contribution in [0.1, 0.15) is 36.2 Å². The highest BCUT2D eigenvalue weighted by Gasteiger charge is 2.22. The lowest BCUT2D eigenvalue weighted by Gasteiger charge is -2.28. The van der Waals surface area contributed by atoms with Crippen LogP contribution in [0.15, 0.2) is 53.3 Å². The molecule has 5 rings (SSSR count). The predicted octanol–water partition coefficient (Wildman–Crippen LogP) is 4.05. The summed E-state index contributed by atoms with van der Waals surface area (Å²) >= 11 is 1.58. The van der Waals surface area contributed by atoms with Crippen molar-refractivity contribution in [3.8, 4) is 0 Å². The average molecular weight is 461 g/mol. The number of carbonyl (C=O) groups is 1. The van der Waals surface area contributed by atoms with E-state index in [2.05, 4.69) is 39.6 Å². The Labute approximate surface area is 196 Å². The van der Waals surface area contributed by atoms with Crippen molar-refractivity contribution in [3.05, 3.63) is 75.7 Å². The van der Waals surface area contributed by atoms with Crippen LogP contribution in [0.4, 0.5) is 0 Å². The number of nitrogens with zero attached hydrogens (tertiary/aromatic N) is 3. The minimum atomic E-state index is -0.666. The molecule has 3 heterocycles. The van der Waals surface area contributed by atoms with E-state index in [1.54, 1.807) is 18.3 Å². The van der Waals surface area contributed by atoms with Gasteiger partial charge in [-0.2, -0.15) is 5.10 Å². The molecule has 1 N–H and O–H groups in total. The molecule has 0 fully saturated rings. The van der Waals surface area contributed by atoms with Crippen molar-refractivity contribution in [1.29, 1.82) is 0 Å². The van der Waals surface area contributed by atoms with Crippen molar-refractivity contribution in [3.63, 3.8) is 0 Å². The summed E-state index contributed by atoms with van der Waals surface area (Å²) in [7, 11) is 0. The van der Waals surface area contributed by atoms with E-state index in [1.807, 2.05) is 31.2 Å². The standard InChI is InChI=1S/C26H28N4O2S/c1-17-24-23(21-10-5-6-11-22(21)33-24)26(32)30(28-17)18(2)25(31)27-13-7-14-29-15-12-19-8-3-4-9-20(19)16-29/h3-6,8-11,18H,7,12-16H2,1-2H3,(H,27,31). The number of rotatable bonds is 6. The molecular formula is C26H28N4O2S. The highest BCUT2D eigenvalue weighted by Crippen LogP contribution is 2.32. The molecule has 0 saturated carbocycles. The van der Waals surface area contributed by atoms with Crippen LogP contribution < -0.4 is 10.9 Å². The van der Waals surface area contributed by atoms with E-state index in [0.717, 1.165) is 53.0 Å². The number of carbonyl (C=O) groups excluding carboxylic acids is 1. The molecule has 0 saturated heterocycles. The number of hydrogen-bond donors (Lipinski definition) is 1. The molecule has 1 aliphatic heterocycles. The average Bonchev–Trinajstić information content (AvgIpc) is 3.24. The third-order valence-corrected chi connectivity index (χ3v) is 7.79. The molecule has 1 unspecified atom stereocenters. The van der Waals surface area contributed by atoms with Crippen LogP contribution >= 0.6 is 11.3 Å². The molecule has 1 atom stereocenters. The van der Waals surface area contributed by atoms with Gasteiger partial charge >= 0.3 is 0 Å². The lowest BCUT2D eigenvalue weighted by atomic mass is 10.00. The van der Waals surface area contributed by atoms with Gasteiger partial charge in [0.05, 0.1) is 15.8 Å². The molecule has 0 radical (unpaired) electrons. The van der Waals surface area contributed by atoms with Gasteiger partial charge in [-0.1, -0.05) is 42.5 Å². The van der Waals surface area contributed by atoms with E-state index < -0.39 is 6.04 Å². The Bertz CT molecular complexity index is 1390. The molecule has 4 aromatic rings. The Hall–Kier alpha value is -3.03. The van der Waals surface area contributed by atoms with Gasteiger partial charge in [0.2, 0.25) is 5.91 Å². The maximum atomic E-state index is 13.3. The van der Waals surface area contributed by atoms with Gasteiger partial charge in [-0.05, 0) is 43.9 Å². The second kappa shape index (κ2) is 9.08. The Morgan fingerprint density at radius 2 is 1.91 bits per heavy atom. The summed E-state index contributed by atoms with van der Waals surface area (Å²) in [5, 5.41) is 9.08. The zero-order chi connectivity index (χ0) is 22.9. The number of benzene rings is 2. The van der Waals surface area contributed by atoms with E-state index in [0.29, 0.717) is 11.9 Å². The zero-order valence-corrected chi connectivity index (χ0v) is 19.8. The van der Waals surface area contributed by atoms with Gasteiger partial charge in [-0.15, -0.1) is 11.3 Å². The van der Waals surface area contributed by atoms with Gasteiger partial charge in [0.1, 0.15) is 6.04 Å². The topological polar surface area (TPSA) is 67.2 Å². The number of nitrogens with one attached hydrogen (secondary N) is 1.